The number of anilines is 1. The van der Waals surface area contributed by atoms with Crippen molar-refractivity contribution in [2.45, 2.75) is 5.16 Å². The summed E-state index contributed by atoms with van der Waals surface area (Å²) in [5.74, 6) is 0.534. The van der Waals surface area contributed by atoms with Gasteiger partial charge >= 0.3 is 0 Å². The maximum absolute atomic E-state index is 11.5. The van der Waals surface area contributed by atoms with Gasteiger partial charge in [-0.05, 0) is 12.1 Å². The number of ether oxygens (including phenoxy) is 1. The van der Waals surface area contributed by atoms with Gasteiger partial charge in [0, 0.05) is 12.5 Å². The smallest absolute Gasteiger partial charge is 0.258 e. The van der Waals surface area contributed by atoms with Crippen molar-refractivity contribution in [3.63, 3.8) is 0 Å². The van der Waals surface area contributed by atoms with Crippen molar-refractivity contribution in [3.05, 3.63) is 18.3 Å². The Hall–Kier alpha value is -2.82. The number of fused-ring (bicyclic) bond motifs is 1. The van der Waals surface area contributed by atoms with Crippen LogP contribution in [0.5, 0.6) is 5.75 Å². The van der Waals surface area contributed by atoms with E-state index in [1.807, 2.05) is 0 Å². The van der Waals surface area contributed by atoms with Gasteiger partial charge in [-0.2, -0.15) is 19.5 Å². The fraction of sp³-hybridized carbons (Fsp3) is 0.182. The van der Waals surface area contributed by atoms with Gasteiger partial charge in [-0.15, -0.1) is 5.10 Å². The molecular formula is C11H11N7O3S. The molecule has 0 fully saturated rings. The van der Waals surface area contributed by atoms with Gasteiger partial charge in [0.15, 0.2) is 5.69 Å². The lowest BCUT2D eigenvalue weighted by Gasteiger charge is -2.02. The zero-order valence-corrected chi connectivity index (χ0v) is 12.4. The van der Waals surface area contributed by atoms with E-state index in [4.69, 9.17) is 10.5 Å². The van der Waals surface area contributed by atoms with Crippen LogP contribution in [-0.2, 0) is 9.84 Å². The number of hydrogen-bond donors (Lipinski definition) is 1. The second-order valence-corrected chi connectivity index (χ2v) is 6.25. The second-order valence-electron chi connectivity index (χ2n) is 4.34. The Morgan fingerprint density at radius 2 is 2.05 bits per heavy atom. The Morgan fingerprint density at radius 3 is 2.73 bits per heavy atom. The van der Waals surface area contributed by atoms with E-state index < -0.39 is 15.0 Å². The van der Waals surface area contributed by atoms with Crippen LogP contribution in [-0.4, -0.2) is 51.3 Å². The third-order valence-corrected chi connectivity index (χ3v) is 3.59. The third-order valence-electron chi connectivity index (χ3n) is 2.75. The van der Waals surface area contributed by atoms with Gasteiger partial charge in [0.25, 0.3) is 10.9 Å². The van der Waals surface area contributed by atoms with E-state index in [2.05, 4.69) is 25.0 Å². The average Bonchev–Trinajstić information content (AvgIpc) is 2.90. The summed E-state index contributed by atoms with van der Waals surface area (Å²) in [6, 6.07) is 3.40. The van der Waals surface area contributed by atoms with Crippen LogP contribution in [0.15, 0.2) is 23.5 Å². The summed E-state index contributed by atoms with van der Waals surface area (Å²) in [7, 11) is -2.12. The number of aromatic nitrogens is 6. The lowest BCUT2D eigenvalue weighted by atomic mass is 10.3. The molecule has 2 N–H and O–H groups in total. The molecule has 0 aliphatic heterocycles. The van der Waals surface area contributed by atoms with Crippen LogP contribution < -0.4 is 10.5 Å². The van der Waals surface area contributed by atoms with Crippen molar-refractivity contribution in [3.8, 4) is 17.3 Å². The van der Waals surface area contributed by atoms with Crippen molar-refractivity contribution in [1.82, 2.24) is 29.5 Å². The summed E-state index contributed by atoms with van der Waals surface area (Å²) in [6.45, 7) is 0. The molecule has 3 heterocycles. The summed E-state index contributed by atoms with van der Waals surface area (Å²) in [5, 5.41) is 3.72. The molecule has 22 heavy (non-hydrogen) atoms. The first-order chi connectivity index (χ1) is 10.4. The molecule has 0 aromatic carbocycles. The van der Waals surface area contributed by atoms with Gasteiger partial charge < -0.3 is 10.5 Å². The number of rotatable bonds is 3. The van der Waals surface area contributed by atoms with Crippen LogP contribution in [0.3, 0.4) is 0 Å². The molecule has 10 nitrogen and oxygen atoms in total. The van der Waals surface area contributed by atoms with E-state index in [0.29, 0.717) is 11.4 Å². The molecule has 0 aliphatic rings. The van der Waals surface area contributed by atoms with E-state index >= 15 is 0 Å². The maximum atomic E-state index is 11.5. The van der Waals surface area contributed by atoms with E-state index in [1.54, 1.807) is 18.3 Å². The molecule has 0 radical (unpaired) electrons. The molecule has 11 heteroatoms. The van der Waals surface area contributed by atoms with Crippen molar-refractivity contribution in [1.29, 1.82) is 0 Å². The lowest BCUT2D eigenvalue weighted by molar-refractivity contribution is 0.414. The van der Waals surface area contributed by atoms with E-state index in [-0.39, 0.29) is 17.6 Å². The standard InChI is InChI=1S/C11H11N7O3S/c1-21-6-4-3-5-13-7(6)8-14-10-16-11(22(2,19)20)15-9(12)18(10)17-8/h3-5H,1-2H3,(H2,12,14,15,16,17). The first-order valence-electron chi connectivity index (χ1n) is 6.00. The number of nitrogens with zero attached hydrogens (tertiary/aromatic N) is 6. The van der Waals surface area contributed by atoms with Crippen LogP contribution in [0.25, 0.3) is 17.3 Å². The molecular weight excluding hydrogens is 310 g/mol. The topological polar surface area (TPSA) is 138 Å². The first-order valence-corrected chi connectivity index (χ1v) is 7.89. The molecule has 3 aromatic heterocycles. The van der Waals surface area contributed by atoms with Gasteiger partial charge in [-0.3, -0.25) is 0 Å². The molecule has 0 saturated heterocycles. The van der Waals surface area contributed by atoms with Crippen molar-refractivity contribution in [2.24, 2.45) is 0 Å². The normalized spacial score (nSPS) is 11.7. The fourth-order valence-corrected chi connectivity index (χ4v) is 2.28. The SMILES string of the molecule is COc1cccnc1-c1nc2nc(S(C)(=O)=O)nc(N)n2n1. The summed E-state index contributed by atoms with van der Waals surface area (Å²) >= 11 is 0. The first kappa shape index (κ1) is 14.1. The quantitative estimate of drug-likeness (QED) is 0.681. The third kappa shape index (κ3) is 2.30. The highest BCUT2D eigenvalue weighted by atomic mass is 32.2. The van der Waals surface area contributed by atoms with Gasteiger partial charge in [0.1, 0.15) is 5.75 Å². The number of sulfone groups is 1. The number of nitrogen functional groups attached to an aromatic ring is 1. The highest BCUT2D eigenvalue weighted by molar-refractivity contribution is 7.90. The van der Waals surface area contributed by atoms with Gasteiger partial charge in [-0.1, -0.05) is 0 Å². The summed E-state index contributed by atoms with van der Waals surface area (Å²) < 4.78 is 29.4. The minimum Gasteiger partial charge on any atom is -0.494 e. The molecule has 0 atom stereocenters. The van der Waals surface area contributed by atoms with E-state index in [9.17, 15) is 8.42 Å². The van der Waals surface area contributed by atoms with Crippen LogP contribution >= 0.6 is 0 Å². The monoisotopic (exact) mass is 321 g/mol. The highest BCUT2D eigenvalue weighted by Gasteiger charge is 2.19. The molecule has 3 rings (SSSR count). The van der Waals surface area contributed by atoms with E-state index in [0.717, 1.165) is 10.8 Å². The van der Waals surface area contributed by atoms with Crippen LogP contribution in [0.1, 0.15) is 0 Å². The Kier molecular flexibility index (Phi) is 3.13. The molecule has 0 aliphatic carbocycles. The molecule has 3 aromatic rings. The Labute approximate surface area is 124 Å². The van der Waals surface area contributed by atoms with Crippen molar-refractivity contribution in [2.75, 3.05) is 19.1 Å². The fourth-order valence-electron chi connectivity index (χ4n) is 1.78. The second kappa shape index (κ2) is 4.87. The summed E-state index contributed by atoms with van der Waals surface area (Å²) in [4.78, 5) is 15.8. The van der Waals surface area contributed by atoms with Crippen LogP contribution in [0.2, 0.25) is 0 Å². The molecule has 0 amide bonds. The maximum Gasteiger partial charge on any atom is 0.258 e. The van der Waals surface area contributed by atoms with E-state index in [1.165, 1.54) is 7.11 Å². The Balaban J connectivity index is 2.24. The van der Waals surface area contributed by atoms with Crippen LogP contribution in [0, 0.1) is 0 Å². The zero-order valence-electron chi connectivity index (χ0n) is 11.6. The molecule has 0 spiro atoms. The largest absolute Gasteiger partial charge is 0.494 e. The minimum absolute atomic E-state index is 0.00984. The molecule has 0 unspecified atom stereocenters. The predicted molar refractivity (Wildman–Crippen MR) is 75.9 cm³/mol. The predicted octanol–water partition coefficient (Wildman–Crippen LogP) is -0.424. The molecule has 114 valence electrons. The zero-order chi connectivity index (χ0) is 15.9. The minimum atomic E-state index is -3.61. The Bertz CT molecular complexity index is 967. The summed E-state index contributed by atoms with van der Waals surface area (Å²) in [6.07, 6.45) is 2.54. The van der Waals surface area contributed by atoms with Gasteiger partial charge in [0.05, 0.1) is 7.11 Å². The van der Waals surface area contributed by atoms with Crippen molar-refractivity contribution >= 4 is 21.6 Å². The number of methoxy groups -OCH3 is 1. The number of hydrogen-bond acceptors (Lipinski definition) is 9. The average molecular weight is 321 g/mol. The van der Waals surface area contributed by atoms with Crippen molar-refractivity contribution < 1.29 is 13.2 Å². The highest BCUT2D eigenvalue weighted by Crippen LogP contribution is 2.24. The summed E-state index contributed by atoms with van der Waals surface area (Å²) in [5.41, 5.74) is 6.09. The number of nitrogens with two attached hydrogens (primary N) is 1. The van der Waals surface area contributed by atoms with Gasteiger partial charge in [0.2, 0.25) is 21.6 Å². The lowest BCUT2D eigenvalue weighted by Crippen LogP contribution is -2.11. The molecule has 0 saturated carbocycles. The Morgan fingerprint density at radius 1 is 1.27 bits per heavy atom. The van der Waals surface area contributed by atoms with Gasteiger partial charge in [-0.25, -0.2) is 13.4 Å². The van der Waals surface area contributed by atoms with Crippen LogP contribution in [0.4, 0.5) is 5.95 Å². The molecule has 0 bridgehead atoms. The number of pyridine rings is 1.